The normalized spacial score (nSPS) is 13.4. The Labute approximate surface area is 118 Å². The van der Waals surface area contributed by atoms with E-state index >= 15 is 0 Å². The van der Waals surface area contributed by atoms with E-state index in [0.717, 1.165) is 12.5 Å². The number of rotatable bonds is 4. The van der Waals surface area contributed by atoms with Gasteiger partial charge in [0.05, 0.1) is 11.6 Å². The Bertz CT molecular complexity index is 576. The molecule has 1 atom stereocenters. The second-order valence-corrected chi connectivity index (χ2v) is 5.25. The summed E-state index contributed by atoms with van der Waals surface area (Å²) in [6.07, 6.45) is -3.60. The van der Waals surface area contributed by atoms with E-state index in [1.54, 1.807) is 13.1 Å². The standard InChI is InChI=1S/C13H14F3N3S/c1-3-10(17-2)12-19-18-11(20-12)8-6-4-5-7-9(8)13(14,15)16/h4-7,10,17H,3H2,1-2H3. The molecule has 3 nitrogen and oxygen atoms in total. The fourth-order valence-corrected chi connectivity index (χ4v) is 2.98. The van der Waals surface area contributed by atoms with Gasteiger partial charge in [0.25, 0.3) is 0 Å². The maximum Gasteiger partial charge on any atom is 0.417 e. The smallest absolute Gasteiger partial charge is 0.311 e. The zero-order valence-corrected chi connectivity index (χ0v) is 11.8. The third-order valence-electron chi connectivity index (χ3n) is 2.96. The largest absolute Gasteiger partial charge is 0.417 e. The van der Waals surface area contributed by atoms with Crippen molar-refractivity contribution in [3.63, 3.8) is 0 Å². The highest BCUT2D eigenvalue weighted by Gasteiger charge is 2.34. The van der Waals surface area contributed by atoms with Crippen LogP contribution >= 0.6 is 11.3 Å². The number of halogens is 3. The molecule has 0 bridgehead atoms. The van der Waals surface area contributed by atoms with Gasteiger partial charge in [-0.05, 0) is 19.5 Å². The van der Waals surface area contributed by atoms with E-state index in [-0.39, 0.29) is 11.6 Å². The molecule has 0 spiro atoms. The predicted octanol–water partition coefficient (Wildman–Crippen LogP) is 3.89. The average molecular weight is 301 g/mol. The molecule has 0 saturated carbocycles. The number of alkyl halides is 3. The molecule has 20 heavy (non-hydrogen) atoms. The number of aromatic nitrogens is 2. The van der Waals surface area contributed by atoms with Gasteiger partial charge < -0.3 is 5.32 Å². The van der Waals surface area contributed by atoms with Crippen molar-refractivity contribution in [2.45, 2.75) is 25.6 Å². The van der Waals surface area contributed by atoms with Crippen molar-refractivity contribution < 1.29 is 13.2 Å². The van der Waals surface area contributed by atoms with Crippen molar-refractivity contribution in [3.05, 3.63) is 34.8 Å². The molecule has 1 N–H and O–H groups in total. The molecule has 0 aliphatic carbocycles. The molecule has 1 unspecified atom stereocenters. The maximum atomic E-state index is 13.0. The summed E-state index contributed by atoms with van der Waals surface area (Å²) in [7, 11) is 1.79. The Morgan fingerprint density at radius 1 is 1.25 bits per heavy atom. The second kappa shape index (κ2) is 5.88. The van der Waals surface area contributed by atoms with Crippen molar-refractivity contribution in [3.8, 4) is 10.6 Å². The summed E-state index contributed by atoms with van der Waals surface area (Å²) in [6, 6.07) is 5.44. The topological polar surface area (TPSA) is 37.8 Å². The van der Waals surface area contributed by atoms with Crippen LogP contribution in [0.4, 0.5) is 13.2 Å². The summed E-state index contributed by atoms with van der Waals surface area (Å²) in [4.78, 5) is 0. The van der Waals surface area contributed by atoms with Crippen molar-refractivity contribution in [2.24, 2.45) is 0 Å². The van der Waals surface area contributed by atoms with Crippen molar-refractivity contribution in [2.75, 3.05) is 7.05 Å². The van der Waals surface area contributed by atoms with Gasteiger partial charge in [-0.25, -0.2) is 0 Å². The molecule has 0 aliphatic rings. The summed E-state index contributed by atoms with van der Waals surface area (Å²) in [5.74, 6) is 0. The van der Waals surface area contributed by atoms with Gasteiger partial charge in [-0.1, -0.05) is 36.5 Å². The van der Waals surface area contributed by atoms with Gasteiger partial charge in [0.15, 0.2) is 0 Å². The van der Waals surface area contributed by atoms with Crippen molar-refractivity contribution >= 4 is 11.3 Å². The fraction of sp³-hybridized carbons (Fsp3) is 0.385. The van der Waals surface area contributed by atoms with Crippen LogP contribution in [0.2, 0.25) is 0 Å². The summed E-state index contributed by atoms with van der Waals surface area (Å²) in [6.45, 7) is 1.98. The minimum absolute atomic E-state index is 0.0132. The van der Waals surface area contributed by atoms with E-state index in [1.165, 1.54) is 23.5 Å². The first kappa shape index (κ1) is 14.9. The Hall–Kier alpha value is -1.47. The second-order valence-electron chi connectivity index (χ2n) is 4.24. The zero-order chi connectivity index (χ0) is 14.8. The van der Waals surface area contributed by atoms with Crippen molar-refractivity contribution in [1.29, 1.82) is 0 Å². The number of benzene rings is 1. The third-order valence-corrected chi connectivity index (χ3v) is 4.03. The van der Waals surface area contributed by atoms with Gasteiger partial charge >= 0.3 is 6.18 Å². The van der Waals surface area contributed by atoms with Crippen LogP contribution in [0.1, 0.15) is 30.0 Å². The van der Waals surface area contributed by atoms with E-state index in [2.05, 4.69) is 15.5 Å². The Balaban J connectivity index is 2.43. The van der Waals surface area contributed by atoms with Crippen LogP contribution in [0.15, 0.2) is 24.3 Å². The van der Waals surface area contributed by atoms with Crippen LogP contribution in [0.25, 0.3) is 10.6 Å². The monoisotopic (exact) mass is 301 g/mol. The molecule has 0 amide bonds. The lowest BCUT2D eigenvalue weighted by Gasteiger charge is -2.10. The predicted molar refractivity (Wildman–Crippen MR) is 72.4 cm³/mol. The van der Waals surface area contributed by atoms with Gasteiger partial charge in [0, 0.05) is 5.56 Å². The van der Waals surface area contributed by atoms with Crippen LogP contribution in [-0.4, -0.2) is 17.2 Å². The summed E-state index contributed by atoms with van der Waals surface area (Å²) < 4.78 is 38.9. The number of hydrogen-bond donors (Lipinski definition) is 1. The first-order chi connectivity index (χ1) is 9.47. The van der Waals surface area contributed by atoms with Gasteiger partial charge in [-0.15, -0.1) is 10.2 Å². The van der Waals surface area contributed by atoms with Gasteiger partial charge in [0.2, 0.25) is 0 Å². The van der Waals surface area contributed by atoms with Crippen LogP contribution in [-0.2, 0) is 6.18 Å². The van der Waals surface area contributed by atoms with Crippen molar-refractivity contribution in [1.82, 2.24) is 15.5 Å². The first-order valence-electron chi connectivity index (χ1n) is 6.14. The van der Waals surface area contributed by atoms with Gasteiger partial charge in [-0.2, -0.15) is 13.2 Å². The number of nitrogens with zero attached hydrogens (tertiary/aromatic N) is 2. The summed E-state index contributed by atoms with van der Waals surface area (Å²) in [5, 5.41) is 12.0. The molecule has 1 aromatic carbocycles. The molecule has 0 fully saturated rings. The fourth-order valence-electron chi connectivity index (χ4n) is 1.90. The minimum Gasteiger partial charge on any atom is -0.311 e. The van der Waals surface area contributed by atoms with Crippen LogP contribution < -0.4 is 5.32 Å². The van der Waals surface area contributed by atoms with E-state index < -0.39 is 11.7 Å². The molecular formula is C13H14F3N3S. The van der Waals surface area contributed by atoms with Crippen LogP contribution in [0.5, 0.6) is 0 Å². The molecular weight excluding hydrogens is 287 g/mol. The number of hydrogen-bond acceptors (Lipinski definition) is 4. The molecule has 0 radical (unpaired) electrons. The van der Waals surface area contributed by atoms with Crippen LogP contribution in [0, 0.1) is 0 Å². The molecule has 0 saturated heterocycles. The average Bonchev–Trinajstić information content (AvgIpc) is 2.89. The summed E-state index contributed by atoms with van der Waals surface area (Å²) in [5.41, 5.74) is -0.602. The highest BCUT2D eigenvalue weighted by Crippen LogP contribution is 2.38. The number of nitrogens with one attached hydrogen (secondary N) is 1. The summed E-state index contributed by atoms with van der Waals surface area (Å²) >= 11 is 1.19. The SMILES string of the molecule is CCC(NC)c1nnc(-c2ccccc2C(F)(F)F)s1. The van der Waals surface area contributed by atoms with Gasteiger partial charge in [-0.3, -0.25) is 0 Å². The Morgan fingerprint density at radius 2 is 1.95 bits per heavy atom. The third kappa shape index (κ3) is 2.99. The molecule has 2 aromatic rings. The molecule has 2 rings (SSSR count). The maximum absolute atomic E-state index is 13.0. The molecule has 7 heteroatoms. The molecule has 108 valence electrons. The first-order valence-corrected chi connectivity index (χ1v) is 6.96. The lowest BCUT2D eigenvalue weighted by Crippen LogP contribution is -2.14. The quantitative estimate of drug-likeness (QED) is 0.931. The Morgan fingerprint density at radius 3 is 2.55 bits per heavy atom. The van der Waals surface area contributed by atoms with E-state index in [1.807, 2.05) is 6.92 Å². The van der Waals surface area contributed by atoms with E-state index in [9.17, 15) is 13.2 Å². The lowest BCUT2D eigenvalue weighted by atomic mass is 10.1. The molecule has 1 aromatic heterocycles. The minimum atomic E-state index is -4.39. The zero-order valence-electron chi connectivity index (χ0n) is 11.0. The molecule has 1 heterocycles. The highest BCUT2D eigenvalue weighted by molar-refractivity contribution is 7.14. The highest BCUT2D eigenvalue weighted by atomic mass is 32.1. The van der Waals surface area contributed by atoms with E-state index in [4.69, 9.17) is 0 Å². The molecule has 0 aliphatic heterocycles. The van der Waals surface area contributed by atoms with Crippen LogP contribution in [0.3, 0.4) is 0 Å². The van der Waals surface area contributed by atoms with E-state index in [0.29, 0.717) is 10.0 Å². The Kier molecular flexibility index (Phi) is 4.39. The lowest BCUT2D eigenvalue weighted by molar-refractivity contribution is -0.137. The van der Waals surface area contributed by atoms with Gasteiger partial charge in [0.1, 0.15) is 10.0 Å².